The molecule has 1 heterocycles. The Morgan fingerprint density at radius 3 is 2.50 bits per heavy atom. The summed E-state index contributed by atoms with van der Waals surface area (Å²) in [5.74, 6) is -0.201. The Bertz CT molecular complexity index is 465. The van der Waals surface area contributed by atoms with Gasteiger partial charge in [0, 0.05) is 38.8 Å². The van der Waals surface area contributed by atoms with Gasteiger partial charge in [0.15, 0.2) is 0 Å². The van der Waals surface area contributed by atoms with E-state index >= 15 is 0 Å². The van der Waals surface area contributed by atoms with Gasteiger partial charge in [0.2, 0.25) is 0 Å². The Hall–Kier alpha value is -1.31. The molecule has 124 valence electrons. The second-order valence-electron chi connectivity index (χ2n) is 5.57. The fraction of sp³-hybridized carbons (Fsp3) is 0.600. The van der Waals surface area contributed by atoms with Crippen LogP contribution in [-0.4, -0.2) is 60.6 Å². The van der Waals surface area contributed by atoms with Gasteiger partial charge in [0.1, 0.15) is 5.75 Å². The highest BCUT2D eigenvalue weighted by Gasteiger charge is 2.31. The summed E-state index contributed by atoms with van der Waals surface area (Å²) in [6, 6.07) is 6.29. The lowest BCUT2D eigenvalue weighted by molar-refractivity contribution is -0.274. The van der Waals surface area contributed by atoms with Crippen molar-refractivity contribution in [2.75, 3.05) is 33.3 Å². The SMILES string of the molecule is CN1CCN(Cc2ccc(OC(F)(F)F)cc2)CC1CCO. The van der Waals surface area contributed by atoms with Gasteiger partial charge >= 0.3 is 6.36 Å². The molecule has 4 nitrogen and oxygen atoms in total. The largest absolute Gasteiger partial charge is 0.573 e. The lowest BCUT2D eigenvalue weighted by Crippen LogP contribution is -2.51. The Balaban J connectivity index is 1.90. The molecule has 0 aliphatic carbocycles. The van der Waals surface area contributed by atoms with E-state index in [0.717, 1.165) is 31.6 Å². The summed E-state index contributed by atoms with van der Waals surface area (Å²) >= 11 is 0. The van der Waals surface area contributed by atoms with Crippen molar-refractivity contribution in [1.29, 1.82) is 0 Å². The maximum atomic E-state index is 12.1. The molecule has 1 fully saturated rings. The van der Waals surface area contributed by atoms with Crippen LogP contribution in [0.5, 0.6) is 5.75 Å². The first kappa shape index (κ1) is 17.1. The van der Waals surface area contributed by atoms with Gasteiger partial charge < -0.3 is 14.7 Å². The molecule has 7 heteroatoms. The summed E-state index contributed by atoms with van der Waals surface area (Å²) in [5, 5.41) is 9.08. The number of ether oxygens (including phenoxy) is 1. The molecule has 1 saturated heterocycles. The van der Waals surface area contributed by atoms with E-state index in [4.69, 9.17) is 5.11 Å². The minimum absolute atomic E-state index is 0.159. The molecular weight excluding hydrogens is 297 g/mol. The third-order valence-corrected chi connectivity index (χ3v) is 3.89. The Morgan fingerprint density at radius 2 is 1.91 bits per heavy atom. The third-order valence-electron chi connectivity index (χ3n) is 3.89. The zero-order chi connectivity index (χ0) is 16.2. The Labute approximate surface area is 128 Å². The molecule has 1 aromatic rings. The second-order valence-corrected chi connectivity index (χ2v) is 5.57. The molecule has 1 atom stereocenters. The van der Waals surface area contributed by atoms with Crippen molar-refractivity contribution in [3.05, 3.63) is 29.8 Å². The van der Waals surface area contributed by atoms with E-state index in [1.165, 1.54) is 12.1 Å². The first-order valence-corrected chi connectivity index (χ1v) is 7.25. The summed E-state index contributed by atoms with van der Waals surface area (Å²) < 4.78 is 40.2. The minimum atomic E-state index is -4.66. The zero-order valence-electron chi connectivity index (χ0n) is 12.5. The fourth-order valence-electron chi connectivity index (χ4n) is 2.67. The summed E-state index contributed by atoms with van der Waals surface area (Å²) in [7, 11) is 2.04. The van der Waals surface area contributed by atoms with Crippen LogP contribution in [0.4, 0.5) is 13.2 Å². The number of hydrogen-bond donors (Lipinski definition) is 1. The number of alkyl halides is 3. The average molecular weight is 318 g/mol. The molecule has 1 aliphatic heterocycles. The minimum Gasteiger partial charge on any atom is -0.406 e. The molecule has 0 aromatic heterocycles. The van der Waals surface area contributed by atoms with Crippen LogP contribution < -0.4 is 4.74 Å². The van der Waals surface area contributed by atoms with Gasteiger partial charge in [-0.2, -0.15) is 0 Å². The Kier molecular flexibility index (Phi) is 5.66. The van der Waals surface area contributed by atoms with Gasteiger partial charge in [0.25, 0.3) is 0 Å². The number of likely N-dealkylation sites (N-methyl/N-ethyl adjacent to an activating group) is 1. The van der Waals surface area contributed by atoms with E-state index in [9.17, 15) is 13.2 Å². The van der Waals surface area contributed by atoms with E-state index in [1.807, 2.05) is 7.05 Å². The smallest absolute Gasteiger partial charge is 0.406 e. The van der Waals surface area contributed by atoms with E-state index in [-0.39, 0.29) is 12.4 Å². The van der Waals surface area contributed by atoms with Crippen LogP contribution in [0.15, 0.2) is 24.3 Å². The van der Waals surface area contributed by atoms with Gasteiger partial charge in [-0.15, -0.1) is 13.2 Å². The molecule has 22 heavy (non-hydrogen) atoms. The standard InChI is InChI=1S/C15H21F3N2O2/c1-19-7-8-20(11-13(19)6-9-21)10-12-2-4-14(5-3-12)22-15(16,17)18/h2-5,13,21H,6-11H2,1H3. The van der Waals surface area contributed by atoms with Gasteiger partial charge in [-0.1, -0.05) is 12.1 Å². The number of benzene rings is 1. The number of halogens is 3. The molecule has 1 N–H and O–H groups in total. The van der Waals surface area contributed by atoms with Crippen LogP contribution in [0.1, 0.15) is 12.0 Å². The number of aliphatic hydroxyl groups excluding tert-OH is 1. The number of hydrogen-bond acceptors (Lipinski definition) is 4. The molecule has 0 saturated carbocycles. The van der Waals surface area contributed by atoms with Crippen LogP contribution in [0, 0.1) is 0 Å². The molecule has 1 aromatic carbocycles. The predicted molar refractivity (Wildman–Crippen MR) is 76.5 cm³/mol. The zero-order valence-corrected chi connectivity index (χ0v) is 12.5. The van der Waals surface area contributed by atoms with E-state index < -0.39 is 6.36 Å². The van der Waals surface area contributed by atoms with Crippen molar-refractivity contribution in [1.82, 2.24) is 9.80 Å². The first-order chi connectivity index (χ1) is 10.4. The van der Waals surface area contributed by atoms with Crippen LogP contribution in [0.25, 0.3) is 0 Å². The van der Waals surface area contributed by atoms with Gasteiger partial charge in [-0.3, -0.25) is 4.90 Å². The predicted octanol–water partition coefficient (Wildman–Crippen LogP) is 2.08. The first-order valence-electron chi connectivity index (χ1n) is 7.25. The molecule has 2 rings (SSSR count). The topological polar surface area (TPSA) is 35.9 Å². The maximum Gasteiger partial charge on any atom is 0.573 e. The van der Waals surface area contributed by atoms with Crippen molar-refractivity contribution in [3.8, 4) is 5.75 Å². The van der Waals surface area contributed by atoms with E-state index in [1.54, 1.807) is 12.1 Å². The molecule has 0 amide bonds. The van der Waals surface area contributed by atoms with Gasteiger partial charge in [-0.25, -0.2) is 0 Å². The average Bonchev–Trinajstić information content (AvgIpc) is 2.43. The molecule has 0 spiro atoms. The molecular formula is C15H21F3N2O2. The van der Waals surface area contributed by atoms with Crippen molar-refractivity contribution in [2.24, 2.45) is 0 Å². The monoisotopic (exact) mass is 318 g/mol. The fourth-order valence-corrected chi connectivity index (χ4v) is 2.67. The van der Waals surface area contributed by atoms with Crippen LogP contribution >= 0.6 is 0 Å². The number of aliphatic hydroxyl groups is 1. The van der Waals surface area contributed by atoms with E-state index in [0.29, 0.717) is 12.6 Å². The molecule has 1 unspecified atom stereocenters. The second kappa shape index (κ2) is 7.30. The van der Waals surface area contributed by atoms with Gasteiger partial charge in [-0.05, 0) is 31.2 Å². The van der Waals surface area contributed by atoms with Crippen LogP contribution in [-0.2, 0) is 6.54 Å². The van der Waals surface area contributed by atoms with Gasteiger partial charge in [0.05, 0.1) is 0 Å². The summed E-state index contributed by atoms with van der Waals surface area (Å²) in [6.07, 6.45) is -3.93. The highest BCUT2D eigenvalue weighted by molar-refractivity contribution is 5.27. The maximum absolute atomic E-state index is 12.1. The molecule has 1 aliphatic rings. The Morgan fingerprint density at radius 1 is 1.23 bits per heavy atom. The van der Waals surface area contributed by atoms with Crippen molar-refractivity contribution < 1.29 is 23.0 Å². The highest BCUT2D eigenvalue weighted by Crippen LogP contribution is 2.23. The van der Waals surface area contributed by atoms with E-state index in [2.05, 4.69) is 14.5 Å². The number of rotatable bonds is 5. The lowest BCUT2D eigenvalue weighted by Gasteiger charge is -2.39. The van der Waals surface area contributed by atoms with Crippen LogP contribution in [0.2, 0.25) is 0 Å². The summed E-state index contributed by atoms with van der Waals surface area (Å²) in [4.78, 5) is 4.48. The number of nitrogens with zero attached hydrogens (tertiary/aromatic N) is 2. The van der Waals surface area contributed by atoms with Crippen LogP contribution in [0.3, 0.4) is 0 Å². The summed E-state index contributed by atoms with van der Waals surface area (Å²) in [5.41, 5.74) is 0.946. The van der Waals surface area contributed by atoms with Crippen molar-refractivity contribution >= 4 is 0 Å². The van der Waals surface area contributed by atoms with Crippen molar-refractivity contribution in [3.63, 3.8) is 0 Å². The highest BCUT2D eigenvalue weighted by atomic mass is 19.4. The van der Waals surface area contributed by atoms with Crippen molar-refractivity contribution in [2.45, 2.75) is 25.4 Å². The molecule has 0 radical (unpaired) electrons. The number of piperazine rings is 1. The normalized spacial score (nSPS) is 21.0. The quantitative estimate of drug-likeness (QED) is 0.902. The molecule has 0 bridgehead atoms. The third kappa shape index (κ3) is 5.15. The lowest BCUT2D eigenvalue weighted by atomic mass is 10.1. The summed E-state index contributed by atoms with van der Waals surface area (Å²) in [6.45, 7) is 3.51.